The van der Waals surface area contributed by atoms with Crippen LogP contribution in [0.15, 0.2) is 30.3 Å². The number of carbonyl (C=O) groups excluding carboxylic acids is 1. The van der Waals surface area contributed by atoms with Gasteiger partial charge < -0.3 is 9.84 Å². The zero-order valence-electron chi connectivity index (χ0n) is 16.4. The summed E-state index contributed by atoms with van der Waals surface area (Å²) < 4.78 is 5.38. The summed E-state index contributed by atoms with van der Waals surface area (Å²) in [5, 5.41) is 11.4. The maximum Gasteiger partial charge on any atom is 0.344 e. The molecule has 1 N–H and O–H groups in total. The average molecular weight is 485 g/mol. The Labute approximate surface area is 180 Å². The van der Waals surface area contributed by atoms with E-state index in [4.69, 9.17) is 4.74 Å². The third-order valence-corrected chi connectivity index (χ3v) is 5.32. The number of nitrogens with zero attached hydrogens (tertiary/aromatic N) is 1. The number of carbonyl (C=O) groups is 1. The molecule has 1 aromatic rings. The van der Waals surface area contributed by atoms with E-state index in [1.54, 1.807) is 0 Å². The first-order chi connectivity index (χ1) is 12.6. The van der Waals surface area contributed by atoms with Gasteiger partial charge in [0.05, 0.1) is 6.54 Å². The second kappa shape index (κ2) is 12.4. The Bertz CT molecular complexity index is 615. The van der Waals surface area contributed by atoms with E-state index in [1.807, 2.05) is 30.3 Å². The highest BCUT2D eigenvalue weighted by Crippen LogP contribution is 2.40. The molecule has 150 valence electrons. The third kappa shape index (κ3) is 6.48. The van der Waals surface area contributed by atoms with Crippen LogP contribution in [0.1, 0.15) is 51.5 Å². The number of benzene rings is 1. The molecule has 0 spiro atoms. The SMILES string of the molecule is CCN(CC)CC#CCOC(=O)C(O)(c1ccccc1)C1CCCCC1.I. The maximum absolute atomic E-state index is 12.8. The minimum atomic E-state index is -1.58. The standard InChI is InChI=1S/C22H31NO3.HI/c1-3-23(4-2)17-11-12-18-26-21(24)22(25,19-13-7-5-8-14-19)20-15-9-6-10-16-20;/h5,7-8,13-14,20,25H,3-4,6,9-10,15-18H2,1-2H3;1H. The number of halogens is 1. The van der Waals surface area contributed by atoms with Crippen molar-refractivity contribution in [3.05, 3.63) is 35.9 Å². The Hall–Kier alpha value is -1.10. The minimum absolute atomic E-state index is 0. The van der Waals surface area contributed by atoms with Gasteiger partial charge in [0, 0.05) is 5.92 Å². The fraction of sp³-hybridized carbons (Fsp3) is 0.591. The largest absolute Gasteiger partial charge is 0.450 e. The van der Waals surface area contributed by atoms with Gasteiger partial charge in [0.25, 0.3) is 0 Å². The van der Waals surface area contributed by atoms with Gasteiger partial charge in [0.15, 0.2) is 12.2 Å². The van der Waals surface area contributed by atoms with Gasteiger partial charge in [0.1, 0.15) is 0 Å². The summed E-state index contributed by atoms with van der Waals surface area (Å²) in [7, 11) is 0. The predicted octanol–water partition coefficient (Wildman–Crippen LogP) is 3.96. The van der Waals surface area contributed by atoms with E-state index >= 15 is 0 Å². The lowest BCUT2D eigenvalue weighted by molar-refractivity contribution is -0.174. The number of esters is 1. The summed E-state index contributed by atoms with van der Waals surface area (Å²) in [6.45, 7) is 6.75. The van der Waals surface area contributed by atoms with Crippen molar-refractivity contribution >= 4 is 29.9 Å². The van der Waals surface area contributed by atoms with Crippen LogP contribution in [-0.4, -0.2) is 42.2 Å². The molecule has 1 aliphatic carbocycles. The van der Waals surface area contributed by atoms with Crippen molar-refractivity contribution in [1.82, 2.24) is 4.90 Å². The van der Waals surface area contributed by atoms with E-state index in [0.29, 0.717) is 12.1 Å². The molecule has 4 nitrogen and oxygen atoms in total. The van der Waals surface area contributed by atoms with Gasteiger partial charge in [-0.3, -0.25) is 4.90 Å². The summed E-state index contributed by atoms with van der Waals surface area (Å²) >= 11 is 0. The lowest BCUT2D eigenvalue weighted by Crippen LogP contribution is -2.45. The van der Waals surface area contributed by atoms with Gasteiger partial charge in [-0.05, 0) is 31.5 Å². The molecule has 0 aliphatic heterocycles. The number of aliphatic hydroxyl groups is 1. The van der Waals surface area contributed by atoms with Gasteiger partial charge >= 0.3 is 5.97 Å². The molecule has 1 aliphatic rings. The van der Waals surface area contributed by atoms with Crippen LogP contribution in [0.5, 0.6) is 0 Å². The van der Waals surface area contributed by atoms with Crippen LogP contribution < -0.4 is 0 Å². The molecule has 5 heteroatoms. The van der Waals surface area contributed by atoms with Crippen molar-refractivity contribution in [1.29, 1.82) is 0 Å². The van der Waals surface area contributed by atoms with Crippen LogP contribution >= 0.6 is 24.0 Å². The average Bonchev–Trinajstić information content (AvgIpc) is 2.71. The molecule has 1 saturated carbocycles. The first-order valence-electron chi connectivity index (χ1n) is 9.76. The summed E-state index contributed by atoms with van der Waals surface area (Å²) in [6.07, 6.45) is 4.92. The van der Waals surface area contributed by atoms with E-state index in [0.717, 1.165) is 45.2 Å². The van der Waals surface area contributed by atoms with Crippen molar-refractivity contribution in [3.63, 3.8) is 0 Å². The number of hydrogen-bond acceptors (Lipinski definition) is 4. The molecule has 0 radical (unpaired) electrons. The third-order valence-electron chi connectivity index (χ3n) is 5.32. The summed E-state index contributed by atoms with van der Waals surface area (Å²) in [6, 6.07) is 9.19. The number of hydrogen-bond donors (Lipinski definition) is 1. The molecular weight excluding hydrogens is 453 g/mol. The summed E-state index contributed by atoms with van der Waals surface area (Å²) in [5.74, 6) is 5.25. The highest BCUT2D eigenvalue weighted by Gasteiger charge is 2.46. The monoisotopic (exact) mass is 485 g/mol. The van der Waals surface area contributed by atoms with Gasteiger partial charge in [-0.25, -0.2) is 4.79 Å². The van der Waals surface area contributed by atoms with Crippen LogP contribution in [0.4, 0.5) is 0 Å². The van der Waals surface area contributed by atoms with Gasteiger partial charge in [0.2, 0.25) is 0 Å². The van der Waals surface area contributed by atoms with Crippen LogP contribution in [0.2, 0.25) is 0 Å². The normalized spacial score (nSPS) is 16.6. The van der Waals surface area contributed by atoms with E-state index in [9.17, 15) is 9.90 Å². The van der Waals surface area contributed by atoms with Crippen LogP contribution in [0, 0.1) is 17.8 Å². The van der Waals surface area contributed by atoms with Crippen molar-refractivity contribution in [2.45, 2.75) is 51.6 Å². The molecule has 0 saturated heterocycles. The van der Waals surface area contributed by atoms with E-state index in [2.05, 4.69) is 30.6 Å². The molecule has 1 atom stereocenters. The smallest absolute Gasteiger partial charge is 0.344 e. The van der Waals surface area contributed by atoms with E-state index in [-0.39, 0.29) is 36.5 Å². The van der Waals surface area contributed by atoms with Gasteiger partial charge in [-0.1, -0.05) is 75.3 Å². The Morgan fingerprint density at radius 2 is 1.78 bits per heavy atom. The zero-order chi connectivity index (χ0) is 18.8. The molecule has 1 unspecified atom stereocenters. The second-order valence-electron chi connectivity index (χ2n) is 6.86. The number of ether oxygens (including phenoxy) is 1. The maximum atomic E-state index is 12.8. The Kier molecular flexibility index (Phi) is 11.0. The van der Waals surface area contributed by atoms with Gasteiger partial charge in [-0.2, -0.15) is 0 Å². The fourth-order valence-electron chi connectivity index (χ4n) is 3.61. The van der Waals surface area contributed by atoms with Crippen molar-refractivity contribution in [2.75, 3.05) is 26.2 Å². The highest BCUT2D eigenvalue weighted by molar-refractivity contribution is 14.0. The highest BCUT2D eigenvalue weighted by atomic mass is 127. The van der Waals surface area contributed by atoms with Crippen LogP contribution in [-0.2, 0) is 15.1 Å². The Morgan fingerprint density at radius 1 is 1.15 bits per heavy atom. The number of rotatable bonds is 7. The molecule has 1 fully saturated rings. The minimum Gasteiger partial charge on any atom is -0.450 e. The van der Waals surface area contributed by atoms with Crippen molar-refractivity contribution in [3.8, 4) is 11.8 Å². The Balaban J connectivity index is 0.00000364. The lowest BCUT2D eigenvalue weighted by atomic mass is 9.73. The van der Waals surface area contributed by atoms with Crippen molar-refractivity contribution < 1.29 is 14.6 Å². The summed E-state index contributed by atoms with van der Waals surface area (Å²) in [4.78, 5) is 15.0. The van der Waals surface area contributed by atoms with E-state index in [1.165, 1.54) is 0 Å². The predicted molar refractivity (Wildman–Crippen MR) is 119 cm³/mol. The van der Waals surface area contributed by atoms with Crippen molar-refractivity contribution in [2.24, 2.45) is 5.92 Å². The van der Waals surface area contributed by atoms with Crippen LogP contribution in [0.25, 0.3) is 0 Å². The first kappa shape index (κ1) is 23.9. The molecule has 0 bridgehead atoms. The molecule has 0 heterocycles. The lowest BCUT2D eigenvalue weighted by Gasteiger charge is -2.36. The zero-order valence-corrected chi connectivity index (χ0v) is 18.8. The first-order valence-corrected chi connectivity index (χ1v) is 9.76. The molecule has 27 heavy (non-hydrogen) atoms. The molecule has 2 rings (SSSR count). The summed E-state index contributed by atoms with van der Waals surface area (Å²) in [5.41, 5.74) is -0.963. The quantitative estimate of drug-likeness (QED) is 0.361. The van der Waals surface area contributed by atoms with E-state index < -0.39 is 11.6 Å². The molecule has 0 amide bonds. The van der Waals surface area contributed by atoms with Crippen LogP contribution in [0.3, 0.4) is 0 Å². The Morgan fingerprint density at radius 3 is 2.37 bits per heavy atom. The van der Waals surface area contributed by atoms with Gasteiger partial charge in [-0.15, -0.1) is 24.0 Å². The fourth-order valence-corrected chi connectivity index (χ4v) is 3.61. The molecule has 0 aromatic heterocycles. The topological polar surface area (TPSA) is 49.8 Å². The molecule has 1 aromatic carbocycles. The second-order valence-corrected chi connectivity index (χ2v) is 6.86. The molecular formula is C22H32INO3.